The van der Waals surface area contributed by atoms with Crippen LogP contribution in [0.1, 0.15) is 23.6 Å². The molecule has 0 radical (unpaired) electrons. The van der Waals surface area contributed by atoms with E-state index in [9.17, 15) is 9.50 Å². The van der Waals surface area contributed by atoms with Gasteiger partial charge in [-0.2, -0.15) is 11.8 Å². The number of nitrogens with zero attached hydrogens (tertiary/aromatic N) is 1. The Morgan fingerprint density at radius 2 is 2.00 bits per heavy atom. The number of phenols is 1. The van der Waals surface area contributed by atoms with Crippen molar-refractivity contribution >= 4 is 17.7 Å². The summed E-state index contributed by atoms with van der Waals surface area (Å²) in [5.41, 5.74) is 2.89. The van der Waals surface area contributed by atoms with Crippen LogP contribution in [0.15, 0.2) is 41.4 Å². The van der Waals surface area contributed by atoms with Gasteiger partial charge < -0.3 is 20.5 Å². The molecule has 2 rings (SSSR count). The van der Waals surface area contributed by atoms with E-state index in [2.05, 4.69) is 15.6 Å². The molecule has 0 saturated carbocycles. The van der Waals surface area contributed by atoms with Crippen molar-refractivity contribution in [1.82, 2.24) is 10.6 Å². The third-order valence-corrected chi connectivity index (χ3v) is 4.52. The van der Waals surface area contributed by atoms with Crippen molar-refractivity contribution in [3.8, 4) is 11.5 Å². The lowest BCUT2D eigenvalue weighted by atomic mass is 10.1. The number of guanidine groups is 1. The number of methoxy groups -OCH3 is 1. The monoisotopic (exact) mass is 391 g/mol. The minimum Gasteiger partial charge on any atom is -0.504 e. The molecule has 0 atom stereocenters. The molecule has 0 aliphatic carbocycles. The minimum atomic E-state index is -0.220. The fraction of sp³-hybridized carbons (Fsp3) is 0.350. The van der Waals surface area contributed by atoms with Crippen LogP contribution in [0.5, 0.6) is 11.5 Å². The smallest absolute Gasteiger partial charge is 0.191 e. The van der Waals surface area contributed by atoms with E-state index in [1.807, 2.05) is 19.2 Å². The Labute approximate surface area is 164 Å². The largest absolute Gasteiger partial charge is 0.504 e. The first-order valence-corrected chi connectivity index (χ1v) is 10.1. The quantitative estimate of drug-likeness (QED) is 0.473. The lowest BCUT2D eigenvalue weighted by Crippen LogP contribution is -2.37. The Morgan fingerprint density at radius 3 is 2.67 bits per heavy atom. The standard InChI is InChI=1S/C20H26FN3O2S/c1-4-22-20(23-11-14-5-8-19(26-2)18(25)9-14)24-12-15-6-7-17(21)10-16(15)13-27-3/h5-10,25H,4,11-13H2,1-3H3,(H2,22,23,24). The molecule has 0 spiro atoms. The summed E-state index contributed by atoms with van der Waals surface area (Å²) in [7, 11) is 1.51. The van der Waals surface area contributed by atoms with Gasteiger partial charge in [-0.25, -0.2) is 9.38 Å². The van der Waals surface area contributed by atoms with Gasteiger partial charge in [0.05, 0.1) is 13.7 Å². The highest BCUT2D eigenvalue weighted by Crippen LogP contribution is 2.26. The maximum Gasteiger partial charge on any atom is 0.191 e. The summed E-state index contributed by atoms with van der Waals surface area (Å²) in [6, 6.07) is 10.1. The van der Waals surface area contributed by atoms with Crippen LogP contribution in [0.25, 0.3) is 0 Å². The van der Waals surface area contributed by atoms with Crippen molar-refractivity contribution in [2.75, 3.05) is 19.9 Å². The number of hydrogen-bond donors (Lipinski definition) is 3. The van der Waals surface area contributed by atoms with Crippen molar-refractivity contribution in [2.45, 2.75) is 25.8 Å². The number of halogens is 1. The molecule has 146 valence electrons. The molecule has 0 fully saturated rings. The molecular formula is C20H26FN3O2S. The lowest BCUT2D eigenvalue weighted by molar-refractivity contribution is 0.373. The zero-order valence-electron chi connectivity index (χ0n) is 15.9. The van der Waals surface area contributed by atoms with E-state index in [4.69, 9.17) is 4.74 Å². The molecule has 0 aromatic heterocycles. The number of benzene rings is 2. The van der Waals surface area contributed by atoms with E-state index < -0.39 is 0 Å². The second-order valence-corrected chi connectivity index (χ2v) is 6.77. The molecule has 0 heterocycles. The van der Waals surface area contributed by atoms with Crippen molar-refractivity contribution in [3.63, 3.8) is 0 Å². The number of rotatable bonds is 8. The Hall–Kier alpha value is -2.41. The number of aromatic hydroxyl groups is 1. The van der Waals surface area contributed by atoms with Crippen molar-refractivity contribution in [2.24, 2.45) is 4.99 Å². The molecule has 0 amide bonds. The third kappa shape index (κ3) is 6.36. The minimum absolute atomic E-state index is 0.0937. The predicted molar refractivity (Wildman–Crippen MR) is 110 cm³/mol. The average Bonchev–Trinajstić information content (AvgIpc) is 2.65. The zero-order chi connectivity index (χ0) is 19.6. The number of phenolic OH excluding ortho intramolecular Hbond substituents is 1. The third-order valence-electron chi connectivity index (χ3n) is 3.92. The molecule has 7 heteroatoms. The second kappa shape index (κ2) is 10.7. The Kier molecular flexibility index (Phi) is 8.26. The first-order valence-electron chi connectivity index (χ1n) is 8.71. The van der Waals surface area contributed by atoms with Crippen molar-refractivity contribution in [1.29, 1.82) is 0 Å². The summed E-state index contributed by atoms with van der Waals surface area (Å²) >= 11 is 1.66. The maximum atomic E-state index is 13.5. The van der Waals surface area contributed by atoms with Gasteiger partial charge in [0.15, 0.2) is 17.5 Å². The van der Waals surface area contributed by atoms with E-state index in [0.29, 0.717) is 24.8 Å². The molecule has 3 N–H and O–H groups in total. The number of thioether (sulfide) groups is 1. The molecule has 2 aromatic rings. The Bertz CT molecular complexity index is 784. The van der Waals surface area contributed by atoms with Gasteiger partial charge in [0.1, 0.15) is 5.82 Å². The van der Waals surface area contributed by atoms with Crippen LogP contribution in [0.3, 0.4) is 0 Å². The molecule has 0 saturated heterocycles. The van der Waals surface area contributed by atoms with Gasteiger partial charge in [0.25, 0.3) is 0 Å². The van der Waals surface area contributed by atoms with Crippen molar-refractivity contribution < 1.29 is 14.2 Å². The van der Waals surface area contributed by atoms with Crippen LogP contribution >= 0.6 is 11.8 Å². The van der Waals surface area contributed by atoms with Gasteiger partial charge in [-0.1, -0.05) is 12.1 Å². The molecule has 0 aliphatic rings. The van der Waals surface area contributed by atoms with Crippen molar-refractivity contribution in [3.05, 3.63) is 58.9 Å². The fourth-order valence-electron chi connectivity index (χ4n) is 2.58. The summed E-state index contributed by atoms with van der Waals surface area (Å²) < 4.78 is 18.5. The van der Waals surface area contributed by atoms with Gasteiger partial charge in [-0.15, -0.1) is 0 Å². The summed E-state index contributed by atoms with van der Waals surface area (Å²) in [5.74, 6) is 1.73. The highest BCUT2D eigenvalue weighted by Gasteiger charge is 2.06. The number of nitrogens with one attached hydrogen (secondary N) is 2. The highest BCUT2D eigenvalue weighted by atomic mass is 32.2. The molecule has 5 nitrogen and oxygen atoms in total. The van der Waals surface area contributed by atoms with Crippen LogP contribution in [-0.2, 0) is 18.8 Å². The van der Waals surface area contributed by atoms with Crippen LogP contribution in [-0.4, -0.2) is 31.0 Å². The Balaban J connectivity index is 2.07. The van der Waals surface area contributed by atoms with E-state index >= 15 is 0 Å². The summed E-state index contributed by atoms with van der Waals surface area (Å²) in [4.78, 5) is 4.55. The average molecular weight is 392 g/mol. The van der Waals surface area contributed by atoms with E-state index in [-0.39, 0.29) is 11.6 Å². The van der Waals surface area contributed by atoms with Gasteiger partial charge in [0, 0.05) is 18.8 Å². The molecule has 27 heavy (non-hydrogen) atoms. The number of aliphatic imine (C=N–C) groups is 1. The van der Waals surface area contributed by atoms with Gasteiger partial charge in [-0.3, -0.25) is 0 Å². The summed E-state index contributed by atoms with van der Waals surface area (Å²) in [6.45, 7) is 3.68. The van der Waals surface area contributed by atoms with Gasteiger partial charge in [0.2, 0.25) is 0 Å². The molecule has 2 aromatic carbocycles. The highest BCUT2D eigenvalue weighted by molar-refractivity contribution is 7.97. The van der Waals surface area contributed by atoms with Crippen LogP contribution in [0.4, 0.5) is 4.39 Å². The van der Waals surface area contributed by atoms with Crippen LogP contribution < -0.4 is 15.4 Å². The first kappa shape index (κ1) is 20.9. The van der Waals surface area contributed by atoms with Crippen LogP contribution in [0.2, 0.25) is 0 Å². The van der Waals surface area contributed by atoms with E-state index in [1.165, 1.54) is 13.2 Å². The van der Waals surface area contributed by atoms with Gasteiger partial charge in [-0.05, 0) is 54.1 Å². The SMILES string of the molecule is CCNC(=NCc1ccc(OC)c(O)c1)NCc1ccc(F)cc1CSC. The summed E-state index contributed by atoms with van der Waals surface area (Å²) in [6.07, 6.45) is 2.00. The Morgan fingerprint density at radius 1 is 1.19 bits per heavy atom. The van der Waals surface area contributed by atoms with E-state index in [1.54, 1.807) is 36.0 Å². The number of ether oxygens (including phenoxy) is 1. The molecule has 0 bridgehead atoms. The zero-order valence-corrected chi connectivity index (χ0v) is 16.7. The van der Waals surface area contributed by atoms with Gasteiger partial charge >= 0.3 is 0 Å². The topological polar surface area (TPSA) is 65.9 Å². The maximum absolute atomic E-state index is 13.5. The molecule has 0 unspecified atom stereocenters. The fourth-order valence-corrected chi connectivity index (χ4v) is 3.16. The predicted octanol–water partition coefficient (Wildman–Crippen LogP) is 3.66. The first-order chi connectivity index (χ1) is 13.1. The van der Waals surface area contributed by atoms with Crippen LogP contribution in [0, 0.1) is 5.82 Å². The summed E-state index contributed by atoms with van der Waals surface area (Å²) in [5, 5.41) is 16.4. The number of hydrogen-bond acceptors (Lipinski definition) is 4. The normalized spacial score (nSPS) is 11.3. The lowest BCUT2D eigenvalue weighted by Gasteiger charge is -2.14. The molecular weight excluding hydrogens is 365 g/mol. The molecule has 0 aliphatic heterocycles. The van der Waals surface area contributed by atoms with E-state index in [0.717, 1.165) is 29.0 Å². The second-order valence-electron chi connectivity index (χ2n) is 5.90.